The van der Waals surface area contributed by atoms with Gasteiger partial charge in [0.05, 0.1) is 12.6 Å². The summed E-state index contributed by atoms with van der Waals surface area (Å²) in [4.78, 5) is 14.0. The van der Waals surface area contributed by atoms with Crippen LogP contribution in [0.2, 0.25) is 0 Å². The summed E-state index contributed by atoms with van der Waals surface area (Å²) in [6, 6.07) is 0.850. The number of pyridine rings is 1. The van der Waals surface area contributed by atoms with Gasteiger partial charge in [0.1, 0.15) is 10.7 Å². The predicted molar refractivity (Wildman–Crippen MR) is 63.4 cm³/mol. The lowest BCUT2D eigenvalue weighted by Crippen LogP contribution is -2.54. The number of sulfonamides is 1. The maximum absolute atomic E-state index is 13.0. The smallest absolute Gasteiger partial charge is 0.305 e. The quantitative estimate of drug-likeness (QED) is 0.839. The van der Waals surface area contributed by atoms with E-state index in [1.807, 2.05) is 0 Å². The van der Waals surface area contributed by atoms with Crippen molar-refractivity contribution in [1.29, 1.82) is 0 Å². The molecule has 0 unspecified atom stereocenters. The lowest BCUT2D eigenvalue weighted by molar-refractivity contribution is -0.139. The number of aromatic nitrogens is 1. The Morgan fingerprint density at radius 2 is 2.16 bits per heavy atom. The fourth-order valence-electron chi connectivity index (χ4n) is 2.09. The number of hydrogen-bond donors (Lipinski definition) is 2. The van der Waals surface area contributed by atoms with Crippen molar-refractivity contribution in [2.24, 2.45) is 0 Å². The first kappa shape index (κ1) is 13.9. The average molecular weight is 288 g/mol. The Kier molecular flexibility index (Phi) is 3.55. The van der Waals surface area contributed by atoms with E-state index in [9.17, 15) is 17.6 Å². The van der Waals surface area contributed by atoms with Gasteiger partial charge in [0.25, 0.3) is 0 Å². The Labute approximate surface area is 109 Å². The number of hydrogen-bond acceptors (Lipinski definition) is 4. The van der Waals surface area contributed by atoms with Gasteiger partial charge in [-0.2, -0.15) is 0 Å². The molecule has 0 bridgehead atoms. The van der Waals surface area contributed by atoms with E-state index < -0.39 is 27.3 Å². The van der Waals surface area contributed by atoms with E-state index >= 15 is 0 Å². The number of carboxylic acid groups (broad SMARTS) is 1. The Morgan fingerprint density at radius 1 is 1.47 bits per heavy atom. The molecule has 0 spiro atoms. The number of rotatable bonds is 5. The van der Waals surface area contributed by atoms with Crippen LogP contribution in [0, 0.1) is 5.82 Å². The van der Waals surface area contributed by atoms with Crippen LogP contribution < -0.4 is 4.72 Å². The van der Waals surface area contributed by atoms with Crippen LogP contribution in [0.1, 0.15) is 25.7 Å². The third kappa shape index (κ3) is 3.07. The largest absolute Gasteiger partial charge is 0.481 e. The number of nitrogens with one attached hydrogen (secondary N) is 1. The highest BCUT2D eigenvalue weighted by molar-refractivity contribution is 7.89. The molecule has 0 aromatic carbocycles. The minimum atomic E-state index is -3.96. The molecule has 1 aromatic rings. The molecule has 2 N–H and O–H groups in total. The van der Waals surface area contributed by atoms with Crippen molar-refractivity contribution in [2.45, 2.75) is 36.1 Å². The lowest BCUT2D eigenvalue weighted by atomic mass is 9.75. The van der Waals surface area contributed by atoms with E-state index in [1.54, 1.807) is 0 Å². The molecule has 0 amide bonds. The van der Waals surface area contributed by atoms with Crippen molar-refractivity contribution in [3.63, 3.8) is 0 Å². The number of carbonyl (C=O) groups is 1. The predicted octanol–water partition coefficient (Wildman–Crippen LogP) is 0.896. The first-order valence-corrected chi connectivity index (χ1v) is 7.18. The molecule has 0 atom stereocenters. The van der Waals surface area contributed by atoms with Crippen LogP contribution in [0.3, 0.4) is 0 Å². The number of carboxylic acids is 1. The molecule has 1 aromatic heterocycles. The molecule has 0 aliphatic heterocycles. The molecule has 0 radical (unpaired) electrons. The highest BCUT2D eigenvalue weighted by Crippen LogP contribution is 2.36. The van der Waals surface area contributed by atoms with E-state index in [4.69, 9.17) is 5.11 Å². The second-order valence-electron chi connectivity index (χ2n) is 4.65. The molecule has 1 aliphatic rings. The van der Waals surface area contributed by atoms with Gasteiger partial charge in [0, 0.05) is 11.7 Å². The zero-order valence-corrected chi connectivity index (χ0v) is 10.8. The molecule has 19 heavy (non-hydrogen) atoms. The van der Waals surface area contributed by atoms with Gasteiger partial charge in [-0.25, -0.2) is 17.5 Å². The van der Waals surface area contributed by atoms with Crippen LogP contribution in [0.15, 0.2) is 23.4 Å². The van der Waals surface area contributed by atoms with Gasteiger partial charge >= 0.3 is 5.97 Å². The zero-order valence-electron chi connectivity index (χ0n) is 9.97. The van der Waals surface area contributed by atoms with Crippen LogP contribution in [0.4, 0.5) is 4.39 Å². The highest BCUT2D eigenvalue weighted by atomic mass is 32.2. The summed E-state index contributed by atoms with van der Waals surface area (Å²) in [5.74, 6) is -1.83. The molecule has 104 valence electrons. The standard InChI is InChI=1S/C11H13FN2O4S/c12-8-4-9(7-13-6-8)19(17,18)14-11(2-1-3-11)5-10(15)16/h4,6-7,14H,1-3,5H2,(H,15,16). The van der Waals surface area contributed by atoms with Crippen LogP contribution >= 0.6 is 0 Å². The summed E-state index contributed by atoms with van der Waals surface area (Å²) in [6.07, 6.45) is 3.32. The van der Waals surface area contributed by atoms with Crippen molar-refractivity contribution in [2.75, 3.05) is 0 Å². The van der Waals surface area contributed by atoms with Crippen LogP contribution in [-0.2, 0) is 14.8 Å². The van der Waals surface area contributed by atoms with Crippen molar-refractivity contribution in [3.8, 4) is 0 Å². The summed E-state index contributed by atoms with van der Waals surface area (Å²) in [7, 11) is -3.96. The summed E-state index contributed by atoms with van der Waals surface area (Å²) < 4.78 is 39.5. The van der Waals surface area contributed by atoms with Gasteiger partial charge in [-0.3, -0.25) is 9.78 Å². The van der Waals surface area contributed by atoms with Crippen molar-refractivity contribution < 1.29 is 22.7 Å². The summed E-state index contributed by atoms with van der Waals surface area (Å²) in [5.41, 5.74) is -0.961. The topological polar surface area (TPSA) is 96.4 Å². The molecule has 2 rings (SSSR count). The Balaban J connectivity index is 2.23. The Bertz CT molecular complexity index is 598. The van der Waals surface area contributed by atoms with Crippen LogP contribution in [0.25, 0.3) is 0 Å². The molecule has 1 aliphatic carbocycles. The van der Waals surface area contributed by atoms with Gasteiger partial charge in [0.2, 0.25) is 10.0 Å². The van der Waals surface area contributed by atoms with Gasteiger partial charge < -0.3 is 5.11 Å². The van der Waals surface area contributed by atoms with E-state index in [2.05, 4.69) is 9.71 Å². The SMILES string of the molecule is O=C(O)CC1(NS(=O)(=O)c2cncc(F)c2)CCC1. The first-order valence-electron chi connectivity index (χ1n) is 5.69. The Morgan fingerprint density at radius 3 is 2.63 bits per heavy atom. The van der Waals surface area contributed by atoms with Crippen molar-refractivity contribution in [3.05, 3.63) is 24.3 Å². The second kappa shape index (κ2) is 4.86. The molecular weight excluding hydrogens is 275 g/mol. The molecule has 6 nitrogen and oxygen atoms in total. The molecular formula is C11H13FN2O4S. The summed E-state index contributed by atoms with van der Waals surface area (Å²) in [6.45, 7) is 0. The Hall–Kier alpha value is -1.54. The van der Waals surface area contributed by atoms with Gasteiger partial charge in [-0.15, -0.1) is 0 Å². The van der Waals surface area contributed by atoms with E-state index in [0.29, 0.717) is 12.8 Å². The zero-order chi connectivity index (χ0) is 14.1. The first-order chi connectivity index (χ1) is 8.83. The maximum Gasteiger partial charge on any atom is 0.305 e. The molecule has 0 saturated heterocycles. The maximum atomic E-state index is 13.0. The fourth-order valence-corrected chi connectivity index (χ4v) is 3.52. The van der Waals surface area contributed by atoms with E-state index in [-0.39, 0.29) is 11.3 Å². The molecule has 1 saturated carbocycles. The van der Waals surface area contributed by atoms with E-state index in [1.165, 1.54) is 0 Å². The second-order valence-corrected chi connectivity index (χ2v) is 6.33. The lowest BCUT2D eigenvalue weighted by Gasteiger charge is -2.40. The third-order valence-electron chi connectivity index (χ3n) is 3.14. The minimum Gasteiger partial charge on any atom is -0.481 e. The molecule has 1 fully saturated rings. The van der Waals surface area contributed by atoms with Gasteiger partial charge in [-0.05, 0) is 25.3 Å². The van der Waals surface area contributed by atoms with Crippen molar-refractivity contribution >= 4 is 16.0 Å². The third-order valence-corrected chi connectivity index (χ3v) is 4.69. The summed E-state index contributed by atoms with van der Waals surface area (Å²) >= 11 is 0. The minimum absolute atomic E-state index is 0.283. The average Bonchev–Trinajstić information content (AvgIpc) is 2.25. The van der Waals surface area contributed by atoms with Crippen LogP contribution in [0.5, 0.6) is 0 Å². The molecule has 1 heterocycles. The normalized spacial score (nSPS) is 17.7. The number of halogens is 1. The number of aliphatic carboxylic acids is 1. The monoisotopic (exact) mass is 288 g/mol. The fraction of sp³-hybridized carbons (Fsp3) is 0.455. The number of nitrogens with zero attached hydrogens (tertiary/aromatic N) is 1. The van der Waals surface area contributed by atoms with Crippen LogP contribution in [-0.4, -0.2) is 30.0 Å². The van der Waals surface area contributed by atoms with Gasteiger partial charge in [0.15, 0.2) is 0 Å². The highest BCUT2D eigenvalue weighted by Gasteiger charge is 2.42. The summed E-state index contributed by atoms with van der Waals surface area (Å²) in [5, 5.41) is 8.82. The molecule has 8 heteroatoms. The van der Waals surface area contributed by atoms with Crippen molar-refractivity contribution in [1.82, 2.24) is 9.71 Å². The van der Waals surface area contributed by atoms with Gasteiger partial charge in [-0.1, -0.05) is 0 Å². The van der Waals surface area contributed by atoms with E-state index in [0.717, 1.165) is 24.9 Å².